The molecule has 94 valence electrons. The number of benzene rings is 1. The SMILES string of the molecule is CCCn1nccc1C(=O)c1ccc(OC)cc1. The van der Waals surface area contributed by atoms with Crippen molar-refractivity contribution in [3.05, 3.63) is 47.8 Å². The highest BCUT2D eigenvalue weighted by Gasteiger charge is 2.13. The van der Waals surface area contributed by atoms with Gasteiger partial charge in [0.05, 0.1) is 7.11 Å². The van der Waals surface area contributed by atoms with Crippen LogP contribution >= 0.6 is 0 Å². The summed E-state index contributed by atoms with van der Waals surface area (Å²) in [5, 5.41) is 4.16. The molecule has 1 aromatic carbocycles. The van der Waals surface area contributed by atoms with Gasteiger partial charge in [-0.05, 0) is 36.8 Å². The molecule has 4 nitrogen and oxygen atoms in total. The molecule has 4 heteroatoms. The first-order valence-corrected chi connectivity index (χ1v) is 5.97. The van der Waals surface area contributed by atoms with E-state index in [2.05, 4.69) is 12.0 Å². The Morgan fingerprint density at radius 3 is 2.61 bits per heavy atom. The average molecular weight is 244 g/mol. The number of aromatic nitrogens is 2. The van der Waals surface area contributed by atoms with E-state index in [1.54, 1.807) is 48.3 Å². The molecule has 0 aliphatic rings. The van der Waals surface area contributed by atoms with E-state index >= 15 is 0 Å². The molecule has 0 saturated carbocycles. The van der Waals surface area contributed by atoms with Crippen LogP contribution in [-0.4, -0.2) is 22.7 Å². The molecule has 0 spiro atoms. The van der Waals surface area contributed by atoms with Gasteiger partial charge in [-0.3, -0.25) is 9.48 Å². The van der Waals surface area contributed by atoms with Gasteiger partial charge < -0.3 is 4.74 Å². The fourth-order valence-electron chi connectivity index (χ4n) is 1.81. The van der Waals surface area contributed by atoms with E-state index in [9.17, 15) is 4.79 Å². The lowest BCUT2D eigenvalue weighted by Crippen LogP contribution is -2.11. The molecule has 2 rings (SSSR count). The summed E-state index contributed by atoms with van der Waals surface area (Å²) in [5.41, 5.74) is 1.27. The Morgan fingerprint density at radius 2 is 2.00 bits per heavy atom. The Bertz CT molecular complexity index is 529. The number of hydrogen-bond donors (Lipinski definition) is 0. The molecule has 2 aromatic rings. The first-order valence-electron chi connectivity index (χ1n) is 5.97. The lowest BCUT2D eigenvalue weighted by molar-refractivity contribution is 0.102. The molecule has 0 aliphatic carbocycles. The summed E-state index contributed by atoms with van der Waals surface area (Å²) in [4.78, 5) is 12.3. The van der Waals surface area contributed by atoms with Crippen LogP contribution in [0, 0.1) is 0 Å². The summed E-state index contributed by atoms with van der Waals surface area (Å²) in [6, 6.07) is 8.86. The Morgan fingerprint density at radius 1 is 1.28 bits per heavy atom. The molecule has 1 aromatic heterocycles. The second-order valence-corrected chi connectivity index (χ2v) is 4.00. The van der Waals surface area contributed by atoms with Crippen molar-refractivity contribution in [2.24, 2.45) is 0 Å². The number of carbonyl (C=O) groups is 1. The molecule has 0 saturated heterocycles. The van der Waals surface area contributed by atoms with Gasteiger partial charge in [0.25, 0.3) is 0 Å². The minimum atomic E-state index is -0.0106. The predicted octanol–water partition coefficient (Wildman–Crippen LogP) is 2.53. The molecule has 0 radical (unpaired) electrons. The number of methoxy groups -OCH3 is 1. The first-order chi connectivity index (χ1) is 8.76. The van der Waals surface area contributed by atoms with E-state index in [1.807, 2.05) is 0 Å². The van der Waals surface area contributed by atoms with Gasteiger partial charge >= 0.3 is 0 Å². The minimum absolute atomic E-state index is 0.0106. The van der Waals surface area contributed by atoms with Crippen LogP contribution in [0.3, 0.4) is 0 Å². The minimum Gasteiger partial charge on any atom is -0.497 e. The molecule has 0 atom stereocenters. The highest BCUT2D eigenvalue weighted by atomic mass is 16.5. The van der Waals surface area contributed by atoms with Crippen LogP contribution in [0.4, 0.5) is 0 Å². The lowest BCUT2D eigenvalue weighted by atomic mass is 10.1. The molecule has 0 bridgehead atoms. The number of carbonyl (C=O) groups excluding carboxylic acids is 1. The van der Waals surface area contributed by atoms with Crippen molar-refractivity contribution >= 4 is 5.78 Å². The molecule has 0 N–H and O–H groups in total. The molecule has 0 unspecified atom stereocenters. The van der Waals surface area contributed by atoms with Crippen molar-refractivity contribution in [2.75, 3.05) is 7.11 Å². The van der Waals surface area contributed by atoms with Gasteiger partial charge in [0.15, 0.2) is 0 Å². The normalized spacial score (nSPS) is 10.3. The third kappa shape index (κ3) is 2.42. The number of aryl methyl sites for hydroxylation is 1. The van der Waals surface area contributed by atoms with Crippen molar-refractivity contribution in [2.45, 2.75) is 19.9 Å². The van der Waals surface area contributed by atoms with Crippen molar-refractivity contribution in [3.8, 4) is 5.75 Å². The van der Waals surface area contributed by atoms with Gasteiger partial charge in [-0.25, -0.2) is 0 Å². The van der Waals surface area contributed by atoms with Crippen LogP contribution < -0.4 is 4.74 Å². The maximum absolute atomic E-state index is 12.3. The third-order valence-electron chi connectivity index (χ3n) is 2.74. The van der Waals surface area contributed by atoms with Crippen molar-refractivity contribution in [1.82, 2.24) is 9.78 Å². The second kappa shape index (κ2) is 5.49. The Hall–Kier alpha value is -2.10. The molecule has 18 heavy (non-hydrogen) atoms. The van der Waals surface area contributed by atoms with Crippen LogP contribution in [0.25, 0.3) is 0 Å². The van der Waals surface area contributed by atoms with Crippen LogP contribution in [0.5, 0.6) is 5.75 Å². The fraction of sp³-hybridized carbons (Fsp3) is 0.286. The molecule has 0 fully saturated rings. The Labute approximate surface area is 106 Å². The largest absolute Gasteiger partial charge is 0.497 e. The molecular formula is C14H16N2O2. The van der Waals surface area contributed by atoms with Crippen LogP contribution in [0.1, 0.15) is 29.4 Å². The summed E-state index contributed by atoms with van der Waals surface area (Å²) < 4.78 is 6.82. The van der Waals surface area contributed by atoms with Gasteiger partial charge in [0, 0.05) is 18.3 Å². The number of hydrogen-bond acceptors (Lipinski definition) is 3. The van der Waals surface area contributed by atoms with E-state index in [1.165, 1.54) is 0 Å². The summed E-state index contributed by atoms with van der Waals surface area (Å²) in [7, 11) is 1.60. The maximum Gasteiger partial charge on any atom is 0.211 e. The van der Waals surface area contributed by atoms with Crippen molar-refractivity contribution in [1.29, 1.82) is 0 Å². The highest BCUT2D eigenvalue weighted by Crippen LogP contribution is 2.15. The smallest absolute Gasteiger partial charge is 0.211 e. The van der Waals surface area contributed by atoms with E-state index in [-0.39, 0.29) is 5.78 Å². The summed E-state index contributed by atoms with van der Waals surface area (Å²) in [6.07, 6.45) is 2.61. The quantitative estimate of drug-likeness (QED) is 0.759. The van der Waals surface area contributed by atoms with E-state index in [0.29, 0.717) is 11.3 Å². The van der Waals surface area contributed by atoms with Gasteiger partial charge in [0.2, 0.25) is 5.78 Å². The van der Waals surface area contributed by atoms with Crippen LogP contribution in [0.2, 0.25) is 0 Å². The zero-order chi connectivity index (χ0) is 13.0. The Balaban J connectivity index is 2.26. The summed E-state index contributed by atoms with van der Waals surface area (Å²) >= 11 is 0. The van der Waals surface area contributed by atoms with Crippen molar-refractivity contribution < 1.29 is 9.53 Å². The molecular weight excluding hydrogens is 228 g/mol. The molecule has 0 amide bonds. The molecule has 0 aliphatic heterocycles. The Kier molecular flexibility index (Phi) is 3.77. The van der Waals surface area contributed by atoms with Gasteiger partial charge in [-0.2, -0.15) is 5.10 Å². The zero-order valence-electron chi connectivity index (χ0n) is 10.6. The zero-order valence-corrected chi connectivity index (χ0v) is 10.6. The summed E-state index contributed by atoms with van der Waals surface area (Å²) in [5.74, 6) is 0.734. The van der Waals surface area contributed by atoms with E-state index in [0.717, 1.165) is 18.7 Å². The number of ketones is 1. The van der Waals surface area contributed by atoms with Crippen LogP contribution in [-0.2, 0) is 6.54 Å². The lowest BCUT2D eigenvalue weighted by Gasteiger charge is -2.06. The van der Waals surface area contributed by atoms with Crippen LogP contribution in [0.15, 0.2) is 36.5 Å². The number of ether oxygens (including phenoxy) is 1. The maximum atomic E-state index is 12.3. The van der Waals surface area contributed by atoms with E-state index in [4.69, 9.17) is 4.74 Å². The standard InChI is InChI=1S/C14H16N2O2/c1-3-10-16-13(8-9-15-16)14(17)11-4-6-12(18-2)7-5-11/h4-9H,3,10H2,1-2H3. The fourth-order valence-corrected chi connectivity index (χ4v) is 1.81. The molecule has 1 heterocycles. The second-order valence-electron chi connectivity index (χ2n) is 4.00. The van der Waals surface area contributed by atoms with E-state index < -0.39 is 0 Å². The number of nitrogens with zero attached hydrogens (tertiary/aromatic N) is 2. The topological polar surface area (TPSA) is 44.1 Å². The van der Waals surface area contributed by atoms with Gasteiger partial charge in [-0.1, -0.05) is 6.92 Å². The monoisotopic (exact) mass is 244 g/mol. The predicted molar refractivity (Wildman–Crippen MR) is 68.9 cm³/mol. The van der Waals surface area contributed by atoms with Gasteiger partial charge in [0.1, 0.15) is 11.4 Å². The van der Waals surface area contributed by atoms with Crippen molar-refractivity contribution in [3.63, 3.8) is 0 Å². The highest BCUT2D eigenvalue weighted by molar-refractivity contribution is 6.07. The average Bonchev–Trinajstić information content (AvgIpc) is 2.87. The first kappa shape index (κ1) is 12.4. The third-order valence-corrected chi connectivity index (χ3v) is 2.74. The number of rotatable bonds is 5. The van der Waals surface area contributed by atoms with Gasteiger partial charge in [-0.15, -0.1) is 0 Å². The summed E-state index contributed by atoms with van der Waals surface area (Å²) in [6.45, 7) is 2.81.